The van der Waals surface area contributed by atoms with Gasteiger partial charge in [-0.1, -0.05) is 13.8 Å². The number of nitrogens with two attached hydrogens (primary N) is 1. The lowest BCUT2D eigenvalue weighted by Crippen LogP contribution is -2.49. The molecule has 0 aliphatic heterocycles. The first-order valence-corrected chi connectivity index (χ1v) is 9.18. The Bertz CT molecular complexity index is 269. The Balaban J connectivity index is 4.60. The SMILES string of the molecule is CCO[Si](CCCOC(N)=O)(OCC)OC(C)C(C)C. The first-order chi connectivity index (χ1) is 9.37. The summed E-state index contributed by atoms with van der Waals surface area (Å²) >= 11 is 0. The van der Waals surface area contributed by atoms with E-state index in [0.717, 1.165) is 0 Å². The molecule has 1 unspecified atom stereocenters. The van der Waals surface area contributed by atoms with Crippen LogP contribution >= 0.6 is 0 Å². The van der Waals surface area contributed by atoms with Gasteiger partial charge in [0.15, 0.2) is 0 Å². The molecule has 0 fully saturated rings. The van der Waals surface area contributed by atoms with Crippen molar-refractivity contribution >= 4 is 14.9 Å². The van der Waals surface area contributed by atoms with Crippen molar-refractivity contribution in [1.29, 1.82) is 0 Å². The normalized spacial score (nSPS) is 13.5. The van der Waals surface area contributed by atoms with E-state index in [9.17, 15) is 4.79 Å². The van der Waals surface area contributed by atoms with E-state index >= 15 is 0 Å². The molecule has 0 aromatic heterocycles. The third-order valence-electron chi connectivity index (χ3n) is 2.90. The maximum absolute atomic E-state index is 10.6. The van der Waals surface area contributed by atoms with E-state index in [-0.39, 0.29) is 12.7 Å². The van der Waals surface area contributed by atoms with Crippen molar-refractivity contribution in [2.24, 2.45) is 11.7 Å². The lowest BCUT2D eigenvalue weighted by Gasteiger charge is -2.33. The van der Waals surface area contributed by atoms with Crippen LogP contribution in [0.2, 0.25) is 6.04 Å². The largest absolute Gasteiger partial charge is 0.501 e. The van der Waals surface area contributed by atoms with Crippen LogP contribution in [0.5, 0.6) is 0 Å². The summed E-state index contributed by atoms with van der Waals surface area (Å²) in [6.45, 7) is 11.4. The second-order valence-electron chi connectivity index (χ2n) is 4.89. The van der Waals surface area contributed by atoms with Crippen molar-refractivity contribution in [3.63, 3.8) is 0 Å². The maximum Gasteiger partial charge on any atom is 0.501 e. The number of hydrogen-bond acceptors (Lipinski definition) is 5. The highest BCUT2D eigenvalue weighted by Crippen LogP contribution is 2.22. The lowest BCUT2D eigenvalue weighted by molar-refractivity contribution is 0.0211. The van der Waals surface area contributed by atoms with Crippen molar-refractivity contribution in [1.82, 2.24) is 0 Å². The Hall–Kier alpha value is -0.633. The van der Waals surface area contributed by atoms with E-state index in [1.54, 1.807) is 0 Å². The van der Waals surface area contributed by atoms with E-state index in [2.05, 4.69) is 13.8 Å². The van der Waals surface area contributed by atoms with Crippen molar-refractivity contribution in [2.75, 3.05) is 19.8 Å². The highest BCUT2D eigenvalue weighted by molar-refractivity contribution is 6.60. The van der Waals surface area contributed by atoms with E-state index < -0.39 is 14.9 Å². The molecule has 0 aromatic carbocycles. The van der Waals surface area contributed by atoms with Crippen LogP contribution in [0.1, 0.15) is 41.0 Å². The summed E-state index contributed by atoms with van der Waals surface area (Å²) in [6, 6.07) is 0.610. The van der Waals surface area contributed by atoms with Gasteiger partial charge in [0.1, 0.15) is 0 Å². The molecular weight excluding hydrogens is 278 g/mol. The second-order valence-corrected chi connectivity index (χ2v) is 7.57. The molecule has 0 aliphatic rings. The van der Waals surface area contributed by atoms with Gasteiger partial charge in [-0.2, -0.15) is 0 Å². The van der Waals surface area contributed by atoms with Gasteiger partial charge in [0.2, 0.25) is 0 Å². The molecule has 1 atom stereocenters. The molecule has 1 amide bonds. The number of carbonyl (C=O) groups is 1. The lowest BCUT2D eigenvalue weighted by atomic mass is 10.1. The highest BCUT2D eigenvalue weighted by Gasteiger charge is 2.42. The Morgan fingerprint density at radius 3 is 2.10 bits per heavy atom. The minimum absolute atomic E-state index is 0.0526. The summed E-state index contributed by atoms with van der Waals surface area (Å²) in [4.78, 5) is 10.6. The summed E-state index contributed by atoms with van der Waals surface area (Å²) in [5.74, 6) is 0.379. The fraction of sp³-hybridized carbons (Fsp3) is 0.923. The van der Waals surface area contributed by atoms with Crippen LogP contribution in [-0.4, -0.2) is 40.8 Å². The van der Waals surface area contributed by atoms with E-state index in [1.165, 1.54) is 0 Å². The summed E-state index contributed by atoms with van der Waals surface area (Å²) in [5, 5.41) is 0. The second kappa shape index (κ2) is 10.1. The zero-order valence-corrected chi connectivity index (χ0v) is 14.3. The molecule has 6 nitrogen and oxygen atoms in total. The number of amides is 1. The number of hydrogen-bond donors (Lipinski definition) is 1. The molecule has 20 heavy (non-hydrogen) atoms. The molecule has 120 valence electrons. The topological polar surface area (TPSA) is 80.0 Å². The summed E-state index contributed by atoms with van der Waals surface area (Å²) in [6.07, 6.45) is -0.0987. The zero-order valence-electron chi connectivity index (χ0n) is 13.3. The predicted octanol–water partition coefficient (Wildman–Crippen LogP) is 2.54. The van der Waals surface area contributed by atoms with E-state index in [0.29, 0.717) is 31.6 Å². The Labute approximate surface area is 123 Å². The number of carbonyl (C=O) groups excluding carboxylic acids is 1. The van der Waals surface area contributed by atoms with Gasteiger partial charge >= 0.3 is 14.9 Å². The van der Waals surface area contributed by atoms with Crippen LogP contribution in [0.3, 0.4) is 0 Å². The molecule has 0 spiro atoms. The number of primary amides is 1. The summed E-state index contributed by atoms with van der Waals surface area (Å²) in [5.41, 5.74) is 4.94. The summed E-state index contributed by atoms with van der Waals surface area (Å²) < 4.78 is 22.5. The molecule has 0 radical (unpaired) electrons. The van der Waals surface area contributed by atoms with Crippen molar-refractivity contribution in [2.45, 2.75) is 53.2 Å². The third-order valence-corrected chi connectivity index (χ3v) is 6.06. The molecule has 2 N–H and O–H groups in total. The molecule has 0 bridgehead atoms. The van der Waals surface area contributed by atoms with Gasteiger partial charge in [-0.05, 0) is 33.1 Å². The monoisotopic (exact) mass is 307 g/mol. The maximum atomic E-state index is 10.6. The van der Waals surface area contributed by atoms with Crippen molar-refractivity contribution < 1.29 is 22.8 Å². The van der Waals surface area contributed by atoms with Crippen LogP contribution < -0.4 is 5.73 Å². The fourth-order valence-electron chi connectivity index (χ4n) is 1.63. The van der Waals surface area contributed by atoms with Gasteiger partial charge in [0.25, 0.3) is 0 Å². The van der Waals surface area contributed by atoms with Gasteiger partial charge < -0.3 is 23.7 Å². The third kappa shape index (κ3) is 7.84. The van der Waals surface area contributed by atoms with Crippen LogP contribution in [0.4, 0.5) is 4.79 Å². The average Bonchev–Trinajstić information content (AvgIpc) is 2.35. The van der Waals surface area contributed by atoms with Gasteiger partial charge in [-0.15, -0.1) is 0 Å². The smallest absolute Gasteiger partial charge is 0.450 e. The van der Waals surface area contributed by atoms with Crippen molar-refractivity contribution in [3.8, 4) is 0 Å². The van der Waals surface area contributed by atoms with Gasteiger partial charge in [-0.3, -0.25) is 0 Å². The molecule has 0 aromatic rings. The van der Waals surface area contributed by atoms with Gasteiger partial charge in [-0.25, -0.2) is 4.79 Å². The fourth-order valence-corrected chi connectivity index (χ4v) is 4.56. The predicted molar refractivity (Wildman–Crippen MR) is 79.4 cm³/mol. The molecule has 0 saturated heterocycles. The van der Waals surface area contributed by atoms with E-state index in [1.807, 2.05) is 20.8 Å². The highest BCUT2D eigenvalue weighted by atomic mass is 28.4. The molecule has 7 heteroatoms. The minimum atomic E-state index is -2.73. The Morgan fingerprint density at radius 1 is 1.15 bits per heavy atom. The van der Waals surface area contributed by atoms with Crippen LogP contribution in [-0.2, 0) is 18.0 Å². The molecule has 0 saturated carbocycles. The van der Waals surface area contributed by atoms with Crippen molar-refractivity contribution in [3.05, 3.63) is 0 Å². The minimum Gasteiger partial charge on any atom is -0.450 e. The molecule has 0 heterocycles. The zero-order chi connectivity index (χ0) is 15.6. The standard InChI is InChI=1S/C13H29NO5Si/c1-6-17-20(18-7-2,19-12(5)11(3)4)10-8-9-16-13(14)15/h11-12H,6-10H2,1-5H3,(H2,14,15). The van der Waals surface area contributed by atoms with Crippen LogP contribution in [0, 0.1) is 5.92 Å². The van der Waals surface area contributed by atoms with Crippen LogP contribution in [0.25, 0.3) is 0 Å². The van der Waals surface area contributed by atoms with E-state index in [4.69, 9.17) is 23.7 Å². The van der Waals surface area contributed by atoms with Crippen LogP contribution in [0.15, 0.2) is 0 Å². The number of rotatable bonds is 11. The van der Waals surface area contributed by atoms with Gasteiger partial charge in [0, 0.05) is 25.4 Å². The molecular formula is C13H29NO5Si. The average molecular weight is 307 g/mol. The first kappa shape index (κ1) is 19.4. The Kier molecular flexibility index (Phi) is 9.82. The number of ether oxygens (including phenoxy) is 1. The first-order valence-electron chi connectivity index (χ1n) is 7.24. The molecule has 0 rings (SSSR count). The molecule has 0 aliphatic carbocycles. The van der Waals surface area contributed by atoms with Gasteiger partial charge in [0.05, 0.1) is 6.61 Å². The quantitative estimate of drug-likeness (QED) is 0.469. The Morgan fingerprint density at radius 2 is 1.70 bits per heavy atom. The summed E-state index contributed by atoms with van der Waals surface area (Å²) in [7, 11) is -2.73.